The summed E-state index contributed by atoms with van der Waals surface area (Å²) in [6, 6.07) is 3.85. The summed E-state index contributed by atoms with van der Waals surface area (Å²) in [4.78, 5) is 0. The van der Waals surface area contributed by atoms with Crippen LogP contribution in [0.25, 0.3) is 0 Å². The van der Waals surface area contributed by atoms with Gasteiger partial charge in [-0.1, -0.05) is 25.4 Å². The summed E-state index contributed by atoms with van der Waals surface area (Å²) >= 11 is 6.24. The van der Waals surface area contributed by atoms with Crippen molar-refractivity contribution < 1.29 is 9.47 Å². The van der Waals surface area contributed by atoms with Gasteiger partial charge in [-0.05, 0) is 43.5 Å². The molecular formula is C14H22ClNO2. The highest BCUT2D eigenvalue weighted by Crippen LogP contribution is 2.37. The van der Waals surface area contributed by atoms with Crippen molar-refractivity contribution >= 4 is 11.6 Å². The van der Waals surface area contributed by atoms with Crippen LogP contribution < -0.4 is 15.2 Å². The molecule has 0 heterocycles. The van der Waals surface area contributed by atoms with E-state index in [2.05, 4.69) is 13.8 Å². The minimum atomic E-state index is 0.444. The molecule has 0 radical (unpaired) electrons. The second-order valence-electron chi connectivity index (χ2n) is 4.58. The highest BCUT2D eigenvalue weighted by Gasteiger charge is 2.13. The quantitative estimate of drug-likeness (QED) is 0.828. The second kappa shape index (κ2) is 7.49. The van der Waals surface area contributed by atoms with E-state index in [-0.39, 0.29) is 0 Å². The molecule has 1 aromatic rings. The number of benzene rings is 1. The molecule has 18 heavy (non-hydrogen) atoms. The maximum Gasteiger partial charge on any atom is 0.179 e. The third-order valence-corrected chi connectivity index (χ3v) is 2.64. The first-order valence-corrected chi connectivity index (χ1v) is 6.74. The SMILES string of the molecule is CCOc1cc(CCN)cc(Cl)c1OCC(C)C. The summed E-state index contributed by atoms with van der Waals surface area (Å²) in [5.74, 6) is 1.78. The van der Waals surface area contributed by atoms with E-state index in [1.165, 1.54) is 0 Å². The van der Waals surface area contributed by atoms with Gasteiger partial charge in [-0.3, -0.25) is 0 Å². The lowest BCUT2D eigenvalue weighted by molar-refractivity contribution is 0.248. The first kappa shape index (κ1) is 15.1. The first-order chi connectivity index (χ1) is 8.58. The van der Waals surface area contributed by atoms with E-state index in [1.54, 1.807) is 0 Å². The smallest absolute Gasteiger partial charge is 0.179 e. The van der Waals surface area contributed by atoms with Gasteiger partial charge in [-0.15, -0.1) is 0 Å². The normalized spacial score (nSPS) is 10.8. The minimum absolute atomic E-state index is 0.444. The Labute approximate surface area is 114 Å². The molecular weight excluding hydrogens is 250 g/mol. The van der Waals surface area contributed by atoms with Gasteiger partial charge in [0.15, 0.2) is 11.5 Å². The third kappa shape index (κ3) is 4.39. The molecule has 2 N–H and O–H groups in total. The summed E-state index contributed by atoms with van der Waals surface area (Å²) in [6.45, 7) is 7.92. The lowest BCUT2D eigenvalue weighted by Crippen LogP contribution is -2.08. The van der Waals surface area contributed by atoms with Gasteiger partial charge < -0.3 is 15.2 Å². The Morgan fingerprint density at radius 1 is 1.28 bits per heavy atom. The highest BCUT2D eigenvalue weighted by atomic mass is 35.5. The van der Waals surface area contributed by atoms with Crippen LogP contribution in [0.4, 0.5) is 0 Å². The molecule has 0 spiro atoms. The summed E-state index contributed by atoms with van der Waals surface area (Å²) in [7, 11) is 0. The van der Waals surface area contributed by atoms with Gasteiger partial charge in [-0.2, -0.15) is 0 Å². The van der Waals surface area contributed by atoms with Gasteiger partial charge in [0.05, 0.1) is 18.2 Å². The lowest BCUT2D eigenvalue weighted by Gasteiger charge is -2.16. The minimum Gasteiger partial charge on any atom is -0.490 e. The molecule has 0 atom stereocenters. The molecule has 0 aliphatic rings. The molecule has 0 saturated heterocycles. The third-order valence-electron chi connectivity index (χ3n) is 2.36. The predicted molar refractivity (Wildman–Crippen MR) is 75.7 cm³/mol. The van der Waals surface area contributed by atoms with Crippen molar-refractivity contribution in [1.29, 1.82) is 0 Å². The number of halogens is 1. The maximum absolute atomic E-state index is 6.24. The van der Waals surface area contributed by atoms with Crippen molar-refractivity contribution in [2.45, 2.75) is 27.2 Å². The monoisotopic (exact) mass is 271 g/mol. The van der Waals surface area contributed by atoms with E-state index in [0.717, 1.165) is 12.0 Å². The standard InChI is InChI=1S/C14H22ClNO2/c1-4-17-13-8-11(5-6-16)7-12(15)14(13)18-9-10(2)3/h7-8,10H,4-6,9,16H2,1-3H3. The number of hydrogen-bond donors (Lipinski definition) is 1. The highest BCUT2D eigenvalue weighted by molar-refractivity contribution is 6.32. The van der Waals surface area contributed by atoms with Crippen LogP contribution in [0.3, 0.4) is 0 Å². The molecule has 0 bridgehead atoms. The van der Waals surface area contributed by atoms with E-state index in [4.69, 9.17) is 26.8 Å². The molecule has 0 unspecified atom stereocenters. The Kier molecular flexibility index (Phi) is 6.30. The van der Waals surface area contributed by atoms with Gasteiger partial charge in [0.25, 0.3) is 0 Å². The number of rotatable bonds is 7. The Balaban J connectivity index is 2.98. The average molecular weight is 272 g/mol. The topological polar surface area (TPSA) is 44.5 Å². The average Bonchev–Trinajstić information content (AvgIpc) is 2.28. The Morgan fingerprint density at radius 2 is 2.00 bits per heavy atom. The largest absolute Gasteiger partial charge is 0.490 e. The molecule has 0 fully saturated rings. The Bertz CT molecular complexity index is 380. The molecule has 1 aromatic carbocycles. The molecule has 0 aliphatic heterocycles. The van der Waals surface area contributed by atoms with E-state index in [9.17, 15) is 0 Å². The van der Waals surface area contributed by atoms with Crippen LogP contribution in [0, 0.1) is 5.92 Å². The van der Waals surface area contributed by atoms with Crippen molar-refractivity contribution in [3.63, 3.8) is 0 Å². The van der Waals surface area contributed by atoms with Crippen LogP contribution >= 0.6 is 11.6 Å². The molecule has 0 amide bonds. The van der Waals surface area contributed by atoms with Gasteiger partial charge in [-0.25, -0.2) is 0 Å². The van der Waals surface area contributed by atoms with Gasteiger partial charge in [0, 0.05) is 0 Å². The lowest BCUT2D eigenvalue weighted by atomic mass is 10.1. The van der Waals surface area contributed by atoms with E-state index in [0.29, 0.717) is 42.2 Å². The van der Waals surface area contributed by atoms with E-state index < -0.39 is 0 Å². The molecule has 4 heteroatoms. The number of ether oxygens (including phenoxy) is 2. The number of nitrogens with two attached hydrogens (primary N) is 1. The zero-order valence-electron chi connectivity index (χ0n) is 11.3. The fraction of sp³-hybridized carbons (Fsp3) is 0.571. The summed E-state index contributed by atoms with van der Waals surface area (Å²) in [5.41, 5.74) is 6.63. The fourth-order valence-corrected chi connectivity index (χ4v) is 1.87. The molecule has 0 saturated carbocycles. The van der Waals surface area contributed by atoms with E-state index in [1.807, 2.05) is 19.1 Å². The van der Waals surface area contributed by atoms with Gasteiger partial charge in [0.1, 0.15) is 0 Å². The molecule has 3 nitrogen and oxygen atoms in total. The first-order valence-electron chi connectivity index (χ1n) is 6.36. The zero-order valence-corrected chi connectivity index (χ0v) is 12.1. The van der Waals surface area contributed by atoms with Crippen molar-refractivity contribution in [2.24, 2.45) is 11.7 Å². The van der Waals surface area contributed by atoms with Crippen molar-refractivity contribution in [3.05, 3.63) is 22.7 Å². The van der Waals surface area contributed by atoms with Crippen LogP contribution in [0.15, 0.2) is 12.1 Å². The summed E-state index contributed by atoms with van der Waals surface area (Å²) < 4.78 is 11.3. The second-order valence-corrected chi connectivity index (χ2v) is 4.99. The van der Waals surface area contributed by atoms with Gasteiger partial charge in [0.2, 0.25) is 0 Å². The summed E-state index contributed by atoms with van der Waals surface area (Å²) in [5, 5.41) is 0.588. The van der Waals surface area contributed by atoms with Gasteiger partial charge >= 0.3 is 0 Å². The van der Waals surface area contributed by atoms with Crippen LogP contribution in [0.2, 0.25) is 5.02 Å². The van der Waals surface area contributed by atoms with Crippen LogP contribution in [0.1, 0.15) is 26.3 Å². The summed E-state index contributed by atoms with van der Waals surface area (Å²) in [6.07, 6.45) is 0.782. The Morgan fingerprint density at radius 3 is 2.56 bits per heavy atom. The number of hydrogen-bond acceptors (Lipinski definition) is 3. The van der Waals surface area contributed by atoms with Crippen LogP contribution in [-0.2, 0) is 6.42 Å². The molecule has 0 aromatic heterocycles. The molecule has 0 aliphatic carbocycles. The molecule has 102 valence electrons. The fourth-order valence-electron chi connectivity index (χ4n) is 1.59. The van der Waals surface area contributed by atoms with Crippen molar-refractivity contribution in [3.8, 4) is 11.5 Å². The predicted octanol–water partition coefficient (Wildman–Crippen LogP) is 3.27. The van der Waals surface area contributed by atoms with Crippen LogP contribution in [0.5, 0.6) is 11.5 Å². The van der Waals surface area contributed by atoms with Crippen molar-refractivity contribution in [1.82, 2.24) is 0 Å². The maximum atomic E-state index is 6.24. The van der Waals surface area contributed by atoms with Crippen molar-refractivity contribution in [2.75, 3.05) is 19.8 Å². The molecule has 1 rings (SSSR count). The Hall–Kier alpha value is -0.930. The van der Waals surface area contributed by atoms with E-state index >= 15 is 0 Å². The zero-order chi connectivity index (χ0) is 13.5. The van der Waals surface area contributed by atoms with Crippen LogP contribution in [-0.4, -0.2) is 19.8 Å².